The number of hydrogen-bond donors (Lipinski definition) is 1. The van der Waals surface area contributed by atoms with Crippen molar-refractivity contribution < 1.29 is 27.5 Å². The quantitative estimate of drug-likeness (QED) is 0.319. The molecule has 3 aromatic rings. The lowest BCUT2D eigenvalue weighted by molar-refractivity contribution is -0.140. The Kier molecular flexibility index (Phi) is 11.0. The van der Waals surface area contributed by atoms with Crippen LogP contribution in [0.1, 0.15) is 24.5 Å². The first-order chi connectivity index (χ1) is 19.2. The molecule has 0 saturated heterocycles. The van der Waals surface area contributed by atoms with Crippen molar-refractivity contribution in [2.45, 2.75) is 32.4 Å². The number of nitrogens with zero attached hydrogens (tertiary/aromatic N) is 2. The number of sulfonamides is 1. The average molecular weight is 568 g/mol. The number of ether oxygens (including phenoxy) is 2. The Morgan fingerprint density at radius 1 is 0.900 bits per heavy atom. The summed E-state index contributed by atoms with van der Waals surface area (Å²) in [4.78, 5) is 29.0. The molecular formula is C30H37N3O6S. The van der Waals surface area contributed by atoms with E-state index in [9.17, 15) is 18.0 Å². The van der Waals surface area contributed by atoms with Gasteiger partial charge in [-0.25, -0.2) is 8.42 Å². The topological polar surface area (TPSA) is 105 Å². The standard InChI is InChI=1S/C30H37N3O6S/c1-5-18-31-30(35)27(19-23-12-8-6-9-13-23)32(21-24-14-10-7-11-15-24)29(34)22-33(40(4,36)37)26-17-16-25(38-2)20-28(26)39-3/h6-17,20,27H,5,18-19,21-22H2,1-4H3,(H,31,35)/t27-/m0/s1. The van der Waals surface area contributed by atoms with Crippen molar-refractivity contribution in [3.63, 3.8) is 0 Å². The molecule has 0 unspecified atom stereocenters. The molecule has 0 saturated carbocycles. The number of carbonyl (C=O) groups excluding carboxylic acids is 2. The zero-order chi connectivity index (χ0) is 29.1. The number of amides is 2. The highest BCUT2D eigenvalue weighted by molar-refractivity contribution is 7.92. The maximum absolute atomic E-state index is 14.1. The summed E-state index contributed by atoms with van der Waals surface area (Å²) < 4.78 is 37.7. The van der Waals surface area contributed by atoms with Crippen LogP contribution in [-0.2, 0) is 32.6 Å². The van der Waals surface area contributed by atoms with Crippen LogP contribution >= 0.6 is 0 Å². The lowest BCUT2D eigenvalue weighted by atomic mass is 10.0. The number of nitrogens with one attached hydrogen (secondary N) is 1. The van der Waals surface area contributed by atoms with E-state index < -0.39 is 28.5 Å². The molecule has 9 nitrogen and oxygen atoms in total. The molecule has 0 aliphatic heterocycles. The molecule has 0 radical (unpaired) electrons. The van der Waals surface area contributed by atoms with E-state index in [1.165, 1.54) is 25.2 Å². The Labute approximate surface area is 236 Å². The summed E-state index contributed by atoms with van der Waals surface area (Å²) in [5, 5.41) is 2.92. The Morgan fingerprint density at radius 3 is 2.08 bits per heavy atom. The number of carbonyl (C=O) groups is 2. The summed E-state index contributed by atoms with van der Waals surface area (Å²) in [7, 11) is -1.02. The molecule has 0 spiro atoms. The predicted octanol–water partition coefficient (Wildman–Crippen LogP) is 3.64. The first-order valence-corrected chi connectivity index (χ1v) is 14.9. The van der Waals surface area contributed by atoms with E-state index in [-0.39, 0.29) is 30.3 Å². The van der Waals surface area contributed by atoms with Gasteiger partial charge in [-0.2, -0.15) is 0 Å². The van der Waals surface area contributed by atoms with Gasteiger partial charge in [-0.05, 0) is 29.7 Å². The van der Waals surface area contributed by atoms with Crippen LogP contribution < -0.4 is 19.1 Å². The highest BCUT2D eigenvalue weighted by atomic mass is 32.2. The summed E-state index contributed by atoms with van der Waals surface area (Å²) in [5.41, 5.74) is 1.88. The molecule has 0 aromatic heterocycles. The van der Waals surface area contributed by atoms with Gasteiger partial charge in [0.15, 0.2) is 0 Å². The fourth-order valence-corrected chi connectivity index (χ4v) is 5.14. The third kappa shape index (κ3) is 8.22. The van der Waals surface area contributed by atoms with Crippen molar-refractivity contribution in [3.8, 4) is 11.5 Å². The average Bonchev–Trinajstić information content (AvgIpc) is 2.96. The number of methoxy groups -OCH3 is 2. The molecule has 0 aliphatic rings. The molecule has 214 valence electrons. The molecule has 0 aliphatic carbocycles. The zero-order valence-electron chi connectivity index (χ0n) is 23.4. The number of anilines is 1. The second kappa shape index (κ2) is 14.4. The van der Waals surface area contributed by atoms with Crippen LogP contribution in [0.15, 0.2) is 78.9 Å². The Morgan fingerprint density at radius 2 is 1.52 bits per heavy atom. The van der Waals surface area contributed by atoms with Crippen LogP contribution in [0.2, 0.25) is 0 Å². The van der Waals surface area contributed by atoms with Crippen molar-refractivity contribution in [1.82, 2.24) is 10.2 Å². The SMILES string of the molecule is CCCNC(=O)[C@H](Cc1ccccc1)N(Cc1ccccc1)C(=O)CN(c1ccc(OC)cc1OC)S(C)(=O)=O. The van der Waals surface area contributed by atoms with Gasteiger partial charge in [0, 0.05) is 25.6 Å². The molecule has 3 rings (SSSR count). The number of benzene rings is 3. The largest absolute Gasteiger partial charge is 0.497 e. The highest BCUT2D eigenvalue weighted by Crippen LogP contribution is 2.33. The molecule has 2 amide bonds. The highest BCUT2D eigenvalue weighted by Gasteiger charge is 2.33. The van der Waals surface area contributed by atoms with Gasteiger partial charge in [-0.1, -0.05) is 67.6 Å². The monoisotopic (exact) mass is 567 g/mol. The van der Waals surface area contributed by atoms with Crippen molar-refractivity contribution in [2.75, 3.05) is 37.9 Å². The minimum atomic E-state index is -3.93. The Bertz CT molecular complexity index is 1370. The molecule has 0 fully saturated rings. The van der Waals surface area contributed by atoms with E-state index in [0.717, 1.165) is 28.1 Å². The number of hydrogen-bond acceptors (Lipinski definition) is 6. The van der Waals surface area contributed by atoms with E-state index in [1.807, 2.05) is 67.6 Å². The van der Waals surface area contributed by atoms with E-state index in [1.54, 1.807) is 12.1 Å². The molecule has 10 heteroatoms. The van der Waals surface area contributed by atoms with Gasteiger partial charge >= 0.3 is 0 Å². The first-order valence-electron chi connectivity index (χ1n) is 13.0. The molecular weight excluding hydrogens is 530 g/mol. The van der Waals surface area contributed by atoms with E-state index in [0.29, 0.717) is 12.3 Å². The second-order valence-electron chi connectivity index (χ2n) is 9.31. The van der Waals surface area contributed by atoms with Gasteiger partial charge in [-0.3, -0.25) is 13.9 Å². The van der Waals surface area contributed by atoms with E-state index >= 15 is 0 Å². The summed E-state index contributed by atoms with van der Waals surface area (Å²) >= 11 is 0. The van der Waals surface area contributed by atoms with Crippen molar-refractivity contribution in [1.29, 1.82) is 0 Å². The fraction of sp³-hybridized carbons (Fsp3) is 0.333. The predicted molar refractivity (Wildman–Crippen MR) is 156 cm³/mol. The maximum atomic E-state index is 14.1. The van der Waals surface area contributed by atoms with Crippen LogP contribution in [0, 0.1) is 0 Å². The van der Waals surface area contributed by atoms with Crippen LogP contribution in [0.25, 0.3) is 0 Å². The molecule has 0 heterocycles. The van der Waals surface area contributed by atoms with Crippen molar-refractivity contribution in [2.24, 2.45) is 0 Å². The lowest BCUT2D eigenvalue weighted by Gasteiger charge is -2.33. The summed E-state index contributed by atoms with van der Waals surface area (Å²) in [6, 6.07) is 22.5. The van der Waals surface area contributed by atoms with Crippen molar-refractivity contribution >= 4 is 27.5 Å². The molecule has 1 atom stereocenters. The van der Waals surface area contributed by atoms with Gasteiger partial charge < -0.3 is 19.7 Å². The number of rotatable bonds is 14. The second-order valence-corrected chi connectivity index (χ2v) is 11.2. The van der Waals surface area contributed by atoms with Crippen LogP contribution in [0.5, 0.6) is 11.5 Å². The van der Waals surface area contributed by atoms with Crippen LogP contribution in [-0.4, -0.2) is 64.7 Å². The van der Waals surface area contributed by atoms with E-state index in [2.05, 4.69) is 5.32 Å². The van der Waals surface area contributed by atoms with Gasteiger partial charge in [0.25, 0.3) is 0 Å². The van der Waals surface area contributed by atoms with E-state index in [4.69, 9.17) is 9.47 Å². The van der Waals surface area contributed by atoms with Gasteiger partial charge in [0.05, 0.1) is 26.2 Å². The van der Waals surface area contributed by atoms with Crippen molar-refractivity contribution in [3.05, 3.63) is 90.0 Å². The third-order valence-electron chi connectivity index (χ3n) is 6.35. The fourth-order valence-electron chi connectivity index (χ4n) is 4.29. The molecule has 0 bridgehead atoms. The minimum Gasteiger partial charge on any atom is -0.497 e. The lowest BCUT2D eigenvalue weighted by Crippen LogP contribution is -2.53. The third-order valence-corrected chi connectivity index (χ3v) is 7.48. The maximum Gasteiger partial charge on any atom is 0.244 e. The van der Waals surface area contributed by atoms with Crippen LogP contribution in [0.3, 0.4) is 0 Å². The summed E-state index contributed by atoms with van der Waals surface area (Å²) in [6.07, 6.45) is 2.02. The van der Waals surface area contributed by atoms with Gasteiger partial charge in [0.1, 0.15) is 24.1 Å². The van der Waals surface area contributed by atoms with Gasteiger partial charge in [0.2, 0.25) is 21.8 Å². The summed E-state index contributed by atoms with van der Waals surface area (Å²) in [5.74, 6) is -0.127. The minimum absolute atomic E-state index is 0.119. The Balaban J connectivity index is 2.06. The normalized spacial score (nSPS) is 11.8. The smallest absolute Gasteiger partial charge is 0.244 e. The molecule has 1 N–H and O–H groups in total. The zero-order valence-corrected chi connectivity index (χ0v) is 24.2. The molecule has 40 heavy (non-hydrogen) atoms. The Hall–Kier alpha value is -4.05. The van der Waals surface area contributed by atoms with Crippen LogP contribution in [0.4, 0.5) is 5.69 Å². The summed E-state index contributed by atoms with van der Waals surface area (Å²) in [6.45, 7) is 2.00. The molecule has 3 aromatic carbocycles. The first kappa shape index (κ1) is 30.5. The van der Waals surface area contributed by atoms with Gasteiger partial charge in [-0.15, -0.1) is 0 Å².